The molecule has 4 heterocycles. The van der Waals surface area contributed by atoms with Crippen LogP contribution in [-0.4, -0.2) is 18.3 Å². The molecule has 0 aliphatic heterocycles. The van der Waals surface area contributed by atoms with E-state index in [0.717, 1.165) is 0 Å². The van der Waals surface area contributed by atoms with E-state index in [1.807, 2.05) is 0 Å². The first kappa shape index (κ1) is 34.5. The SMILES string of the molecule is C.Cn1c2ccccc2c2cc(-c3ccc4c5ccccc5n(C)c4c3)ccc21.Cn1c2ccccc2c2ccc(-c3ccc4c5ccccc5n(C)c4c3)cc21. The molecule has 0 spiro atoms. The van der Waals surface area contributed by atoms with E-state index in [4.69, 9.17) is 0 Å². The Morgan fingerprint density at radius 3 is 0.842 bits per heavy atom. The summed E-state index contributed by atoms with van der Waals surface area (Å²) in [6.45, 7) is 0. The van der Waals surface area contributed by atoms with E-state index in [1.165, 1.54) is 109 Å². The van der Waals surface area contributed by atoms with E-state index in [1.54, 1.807) is 0 Å². The first-order valence-corrected chi connectivity index (χ1v) is 19.3. The van der Waals surface area contributed by atoms with Gasteiger partial charge < -0.3 is 18.3 Å². The summed E-state index contributed by atoms with van der Waals surface area (Å²) in [6, 6.07) is 61.8. The molecule has 12 rings (SSSR count). The van der Waals surface area contributed by atoms with Gasteiger partial charge in [0.1, 0.15) is 0 Å². The van der Waals surface area contributed by atoms with Gasteiger partial charge in [0.2, 0.25) is 0 Å². The van der Waals surface area contributed by atoms with Gasteiger partial charge in [-0.1, -0.05) is 123 Å². The number of hydrogen-bond donors (Lipinski definition) is 0. The van der Waals surface area contributed by atoms with Gasteiger partial charge in [-0.3, -0.25) is 0 Å². The van der Waals surface area contributed by atoms with E-state index < -0.39 is 0 Å². The zero-order valence-electron chi connectivity index (χ0n) is 32.0. The Balaban J connectivity index is 0.000000137. The van der Waals surface area contributed by atoms with Gasteiger partial charge in [0.05, 0.1) is 0 Å². The van der Waals surface area contributed by atoms with Crippen LogP contribution >= 0.6 is 0 Å². The van der Waals surface area contributed by atoms with Crippen LogP contribution in [0.5, 0.6) is 0 Å². The summed E-state index contributed by atoms with van der Waals surface area (Å²) in [7, 11) is 8.61. The number of aryl methyl sites for hydroxylation is 4. The van der Waals surface area contributed by atoms with Crippen molar-refractivity contribution in [2.24, 2.45) is 28.2 Å². The third-order valence-electron chi connectivity index (χ3n) is 12.3. The predicted octanol–water partition coefficient (Wildman–Crippen LogP) is 13.9. The van der Waals surface area contributed by atoms with E-state index >= 15 is 0 Å². The van der Waals surface area contributed by atoms with Crippen molar-refractivity contribution in [3.8, 4) is 22.3 Å². The quantitative estimate of drug-likeness (QED) is 0.168. The van der Waals surface area contributed by atoms with Gasteiger partial charge in [0, 0.05) is 115 Å². The summed E-state index contributed by atoms with van der Waals surface area (Å²) in [5.41, 5.74) is 15.2. The molecule has 4 nitrogen and oxygen atoms in total. The zero-order chi connectivity index (χ0) is 37.7. The summed E-state index contributed by atoms with van der Waals surface area (Å²) in [5.74, 6) is 0. The van der Waals surface area contributed by atoms with Gasteiger partial charge in [-0.2, -0.15) is 0 Å². The first-order chi connectivity index (χ1) is 27.4. The fourth-order valence-corrected chi connectivity index (χ4v) is 9.37. The number of benzene rings is 8. The number of para-hydroxylation sites is 4. The van der Waals surface area contributed by atoms with Crippen LogP contribution in [0.15, 0.2) is 170 Å². The summed E-state index contributed by atoms with van der Waals surface area (Å²) < 4.78 is 9.17. The monoisotopic (exact) mass is 736 g/mol. The van der Waals surface area contributed by atoms with Crippen molar-refractivity contribution in [3.63, 3.8) is 0 Å². The summed E-state index contributed by atoms with van der Waals surface area (Å²) >= 11 is 0. The molecule has 0 aliphatic rings. The number of hydrogen-bond acceptors (Lipinski definition) is 0. The molecular weight excluding hydrogens is 693 g/mol. The van der Waals surface area contributed by atoms with Gasteiger partial charge >= 0.3 is 0 Å². The Kier molecular flexibility index (Phi) is 7.88. The molecule has 0 radical (unpaired) electrons. The Labute approximate surface area is 332 Å². The standard InChI is InChI=1S/2C26H20N2.CH4/c1-27-24-10-6-4-8-20(24)22-15-17(12-14-25(22)27)18-11-13-21-19-7-3-5-9-23(19)28(2)26(21)16-18;1-27-23-9-5-3-7-19(23)21-13-11-17(15-25(21)27)18-12-14-22-20-8-4-6-10-24(20)28(2)26(22)16-18;/h2*3-16H,1-2H3;1H4. The molecule has 0 saturated carbocycles. The minimum atomic E-state index is 0. The molecule has 0 amide bonds. The van der Waals surface area contributed by atoms with Gasteiger partial charge in [0.25, 0.3) is 0 Å². The Morgan fingerprint density at radius 1 is 0.228 bits per heavy atom. The summed E-state index contributed by atoms with van der Waals surface area (Å²) in [5, 5.41) is 10.5. The number of fused-ring (bicyclic) bond motifs is 12. The van der Waals surface area contributed by atoms with Crippen molar-refractivity contribution in [3.05, 3.63) is 170 Å². The van der Waals surface area contributed by atoms with Crippen LogP contribution in [0.2, 0.25) is 0 Å². The lowest BCUT2D eigenvalue weighted by Crippen LogP contribution is -1.88. The molecule has 0 atom stereocenters. The molecule has 0 bridgehead atoms. The van der Waals surface area contributed by atoms with Crippen LogP contribution in [0.3, 0.4) is 0 Å². The van der Waals surface area contributed by atoms with Crippen LogP contribution in [0.25, 0.3) is 109 Å². The molecule has 57 heavy (non-hydrogen) atoms. The van der Waals surface area contributed by atoms with E-state index in [9.17, 15) is 0 Å². The fourth-order valence-electron chi connectivity index (χ4n) is 9.37. The zero-order valence-corrected chi connectivity index (χ0v) is 32.0. The Bertz CT molecular complexity index is 3400. The largest absolute Gasteiger partial charge is 0.344 e. The minimum Gasteiger partial charge on any atom is -0.344 e. The lowest BCUT2D eigenvalue weighted by Gasteiger charge is -2.06. The molecular formula is C53H44N4. The van der Waals surface area contributed by atoms with E-state index in [-0.39, 0.29) is 7.43 Å². The highest BCUT2D eigenvalue weighted by Crippen LogP contribution is 2.37. The lowest BCUT2D eigenvalue weighted by molar-refractivity contribution is 1.01. The Hall–Kier alpha value is -7.04. The number of nitrogens with zero attached hydrogens (tertiary/aromatic N) is 4. The maximum absolute atomic E-state index is 2.33. The highest BCUT2D eigenvalue weighted by molar-refractivity contribution is 6.12. The van der Waals surface area contributed by atoms with Crippen molar-refractivity contribution >= 4 is 87.2 Å². The van der Waals surface area contributed by atoms with Crippen molar-refractivity contribution in [2.45, 2.75) is 7.43 Å². The lowest BCUT2D eigenvalue weighted by atomic mass is 10.0. The van der Waals surface area contributed by atoms with Crippen LogP contribution in [0.4, 0.5) is 0 Å². The maximum Gasteiger partial charge on any atom is 0.0494 e. The van der Waals surface area contributed by atoms with Crippen LogP contribution in [0.1, 0.15) is 7.43 Å². The van der Waals surface area contributed by atoms with Crippen molar-refractivity contribution in [2.75, 3.05) is 0 Å². The molecule has 0 saturated heterocycles. The van der Waals surface area contributed by atoms with Gasteiger partial charge in [-0.15, -0.1) is 0 Å². The average Bonchev–Trinajstić information content (AvgIpc) is 3.92. The van der Waals surface area contributed by atoms with Gasteiger partial charge in [-0.25, -0.2) is 0 Å². The molecule has 0 fully saturated rings. The van der Waals surface area contributed by atoms with Crippen LogP contribution < -0.4 is 0 Å². The minimum absolute atomic E-state index is 0. The highest BCUT2D eigenvalue weighted by atomic mass is 15.0. The molecule has 0 aliphatic carbocycles. The molecule has 12 aromatic rings. The van der Waals surface area contributed by atoms with Gasteiger partial charge in [-0.05, 0) is 76.9 Å². The molecule has 0 N–H and O–H groups in total. The van der Waals surface area contributed by atoms with E-state index in [0.29, 0.717) is 0 Å². The van der Waals surface area contributed by atoms with Gasteiger partial charge in [0.15, 0.2) is 0 Å². The maximum atomic E-state index is 2.33. The van der Waals surface area contributed by atoms with Crippen LogP contribution in [-0.2, 0) is 28.2 Å². The second-order valence-electron chi connectivity index (χ2n) is 15.2. The number of rotatable bonds is 2. The summed E-state index contributed by atoms with van der Waals surface area (Å²) in [4.78, 5) is 0. The third-order valence-corrected chi connectivity index (χ3v) is 12.3. The van der Waals surface area contributed by atoms with E-state index in [2.05, 4.69) is 216 Å². The Morgan fingerprint density at radius 2 is 0.474 bits per heavy atom. The number of aromatic nitrogens is 4. The topological polar surface area (TPSA) is 19.7 Å². The third kappa shape index (κ3) is 5.14. The first-order valence-electron chi connectivity index (χ1n) is 19.3. The highest BCUT2D eigenvalue weighted by Gasteiger charge is 2.14. The van der Waals surface area contributed by atoms with Crippen LogP contribution in [0, 0.1) is 0 Å². The fraction of sp³-hybridized carbons (Fsp3) is 0.0943. The molecule has 4 aromatic heterocycles. The van der Waals surface area contributed by atoms with Crippen molar-refractivity contribution < 1.29 is 0 Å². The van der Waals surface area contributed by atoms with Crippen molar-refractivity contribution in [1.29, 1.82) is 0 Å². The molecule has 0 unspecified atom stereocenters. The normalized spacial score (nSPS) is 11.7. The smallest absolute Gasteiger partial charge is 0.0494 e. The average molecular weight is 737 g/mol. The predicted molar refractivity (Wildman–Crippen MR) is 246 cm³/mol. The molecule has 276 valence electrons. The molecule has 4 heteroatoms. The van der Waals surface area contributed by atoms with Crippen molar-refractivity contribution in [1.82, 2.24) is 18.3 Å². The molecule has 8 aromatic carbocycles. The second-order valence-corrected chi connectivity index (χ2v) is 15.2. The second kappa shape index (κ2) is 13.0. The summed E-state index contributed by atoms with van der Waals surface area (Å²) in [6.07, 6.45) is 0.